The Morgan fingerprint density at radius 1 is 1.14 bits per heavy atom. The van der Waals surface area contributed by atoms with Crippen molar-refractivity contribution in [3.05, 3.63) is 76.4 Å². The van der Waals surface area contributed by atoms with E-state index in [2.05, 4.69) is 26.3 Å². The van der Waals surface area contributed by atoms with Gasteiger partial charge < -0.3 is 10.2 Å². The lowest BCUT2D eigenvalue weighted by atomic mass is 10.1. The molecule has 0 unspecified atom stereocenters. The fourth-order valence-corrected chi connectivity index (χ4v) is 3.74. The maximum absolute atomic E-state index is 12.8. The highest BCUT2D eigenvalue weighted by molar-refractivity contribution is 9.10. The molecule has 2 aromatic carbocycles. The third kappa shape index (κ3) is 3.99. The van der Waals surface area contributed by atoms with E-state index >= 15 is 0 Å². The summed E-state index contributed by atoms with van der Waals surface area (Å²) >= 11 is 3.47. The number of hydrogen-bond donors (Lipinski definition) is 1. The number of rotatable bonds is 5. The Balaban J connectivity index is 1.50. The molecule has 3 aromatic rings. The van der Waals surface area contributed by atoms with Crippen molar-refractivity contribution in [1.29, 1.82) is 0 Å². The molecule has 0 spiro atoms. The molecule has 1 saturated heterocycles. The number of halogens is 1. The van der Waals surface area contributed by atoms with Gasteiger partial charge in [0, 0.05) is 34.8 Å². The fraction of sp³-hybridized carbons (Fsp3) is 0.190. The first kappa shape index (κ1) is 18.4. The van der Waals surface area contributed by atoms with Crippen LogP contribution in [0.2, 0.25) is 0 Å². The molecule has 0 aliphatic carbocycles. The highest BCUT2D eigenvalue weighted by atomic mass is 79.9. The number of nitrogens with zero attached hydrogens (tertiary/aromatic N) is 3. The lowest BCUT2D eigenvalue weighted by molar-refractivity contribution is -0.117. The Bertz CT molecular complexity index is 1030. The molecule has 0 bridgehead atoms. The minimum Gasteiger partial charge on any atom is -0.312 e. The van der Waals surface area contributed by atoms with Gasteiger partial charge >= 0.3 is 0 Å². The molecule has 2 amide bonds. The normalized spacial score (nSPS) is 13.8. The summed E-state index contributed by atoms with van der Waals surface area (Å²) < 4.78 is 2.74. The van der Waals surface area contributed by atoms with Gasteiger partial charge in [0.25, 0.3) is 5.91 Å². The summed E-state index contributed by atoms with van der Waals surface area (Å²) in [6.07, 6.45) is 3.07. The third-order valence-corrected chi connectivity index (χ3v) is 5.17. The largest absolute Gasteiger partial charge is 0.312 e. The zero-order valence-electron chi connectivity index (χ0n) is 15.1. The summed E-state index contributed by atoms with van der Waals surface area (Å²) in [5, 5.41) is 7.23. The van der Waals surface area contributed by atoms with Gasteiger partial charge in [0.1, 0.15) is 5.82 Å². The molecular formula is C21H19BrN4O2. The van der Waals surface area contributed by atoms with E-state index in [0.717, 1.165) is 22.1 Å². The number of carbonyl (C=O) groups is 2. The summed E-state index contributed by atoms with van der Waals surface area (Å²) in [4.78, 5) is 26.5. The second kappa shape index (κ2) is 7.98. The Hall–Kier alpha value is -2.93. The molecule has 0 atom stereocenters. The van der Waals surface area contributed by atoms with Crippen molar-refractivity contribution < 1.29 is 9.59 Å². The molecular weight excluding hydrogens is 420 g/mol. The third-order valence-electron chi connectivity index (χ3n) is 4.67. The zero-order valence-corrected chi connectivity index (χ0v) is 16.7. The first-order chi connectivity index (χ1) is 13.6. The van der Waals surface area contributed by atoms with Crippen molar-refractivity contribution in [2.24, 2.45) is 0 Å². The van der Waals surface area contributed by atoms with Gasteiger partial charge in [0.2, 0.25) is 5.91 Å². The Morgan fingerprint density at radius 2 is 2.00 bits per heavy atom. The molecule has 6 nitrogen and oxygen atoms in total. The minimum absolute atomic E-state index is 0.102. The Kier molecular flexibility index (Phi) is 5.25. The molecule has 142 valence electrons. The van der Waals surface area contributed by atoms with Crippen LogP contribution in [0, 0.1) is 0 Å². The van der Waals surface area contributed by atoms with E-state index in [4.69, 9.17) is 0 Å². The van der Waals surface area contributed by atoms with E-state index in [9.17, 15) is 9.59 Å². The maximum Gasteiger partial charge on any atom is 0.256 e. The molecule has 1 aromatic heterocycles. The molecule has 7 heteroatoms. The van der Waals surface area contributed by atoms with E-state index in [-0.39, 0.29) is 11.8 Å². The lowest BCUT2D eigenvalue weighted by Crippen LogP contribution is -2.24. The molecule has 1 aliphatic rings. The van der Waals surface area contributed by atoms with Crippen molar-refractivity contribution in [1.82, 2.24) is 9.78 Å². The summed E-state index contributed by atoms with van der Waals surface area (Å²) in [7, 11) is 0. The quantitative estimate of drug-likeness (QED) is 0.652. The second-order valence-corrected chi connectivity index (χ2v) is 7.57. The number of amides is 2. The van der Waals surface area contributed by atoms with Gasteiger partial charge in [0.15, 0.2) is 0 Å². The SMILES string of the molecule is O=C(Nc1ccnn1Cc1cccc(Br)c1)c1cccc(N2CCCC2=O)c1. The van der Waals surface area contributed by atoms with Crippen LogP contribution in [-0.4, -0.2) is 28.1 Å². The zero-order chi connectivity index (χ0) is 19.5. The standard InChI is InChI=1S/C21H19BrN4O2/c22-17-6-1-4-15(12-17)14-26-19(9-10-23-26)24-21(28)16-5-2-7-18(13-16)25-11-3-8-20(25)27/h1-2,4-7,9-10,12-13H,3,8,11,14H2,(H,24,28). The van der Waals surface area contributed by atoms with Crippen LogP contribution >= 0.6 is 15.9 Å². The topological polar surface area (TPSA) is 67.2 Å². The molecule has 4 rings (SSSR count). The fourth-order valence-electron chi connectivity index (χ4n) is 3.30. The van der Waals surface area contributed by atoms with Crippen LogP contribution in [0.3, 0.4) is 0 Å². The Morgan fingerprint density at radius 3 is 2.79 bits per heavy atom. The van der Waals surface area contributed by atoms with Crippen molar-refractivity contribution in [3.8, 4) is 0 Å². The average molecular weight is 439 g/mol. The smallest absolute Gasteiger partial charge is 0.256 e. The number of carbonyl (C=O) groups excluding carboxylic acids is 2. The maximum atomic E-state index is 12.8. The van der Waals surface area contributed by atoms with E-state index in [1.165, 1.54) is 0 Å². The minimum atomic E-state index is -0.232. The van der Waals surface area contributed by atoms with Crippen LogP contribution in [0.1, 0.15) is 28.8 Å². The predicted octanol–water partition coefficient (Wildman–Crippen LogP) is 4.07. The molecule has 0 saturated carbocycles. The van der Waals surface area contributed by atoms with Crippen LogP contribution in [0.15, 0.2) is 65.3 Å². The van der Waals surface area contributed by atoms with E-state index < -0.39 is 0 Å². The van der Waals surface area contributed by atoms with Gasteiger partial charge in [-0.25, -0.2) is 4.68 Å². The number of benzene rings is 2. The van der Waals surface area contributed by atoms with Crippen LogP contribution < -0.4 is 10.2 Å². The Labute approximate surface area is 171 Å². The summed E-state index contributed by atoms with van der Waals surface area (Å²) in [5.41, 5.74) is 2.34. The van der Waals surface area contributed by atoms with Crippen molar-refractivity contribution in [2.45, 2.75) is 19.4 Å². The summed E-state index contributed by atoms with van der Waals surface area (Å²) in [6.45, 7) is 1.24. The molecule has 1 aliphatic heterocycles. The van der Waals surface area contributed by atoms with Gasteiger partial charge in [0.05, 0.1) is 12.7 Å². The van der Waals surface area contributed by atoms with Gasteiger partial charge in [-0.2, -0.15) is 5.10 Å². The summed E-state index contributed by atoms with van der Waals surface area (Å²) in [6, 6.07) is 16.9. The molecule has 2 heterocycles. The number of aromatic nitrogens is 2. The van der Waals surface area contributed by atoms with Gasteiger partial charge in [-0.15, -0.1) is 0 Å². The number of nitrogens with one attached hydrogen (secondary N) is 1. The van der Waals surface area contributed by atoms with Crippen molar-refractivity contribution in [3.63, 3.8) is 0 Å². The molecule has 1 N–H and O–H groups in total. The monoisotopic (exact) mass is 438 g/mol. The average Bonchev–Trinajstić information content (AvgIpc) is 3.31. The van der Waals surface area contributed by atoms with E-state index in [1.54, 1.807) is 40.0 Å². The van der Waals surface area contributed by atoms with Crippen LogP contribution in [0.4, 0.5) is 11.5 Å². The summed E-state index contributed by atoms with van der Waals surface area (Å²) in [5.74, 6) is 0.488. The van der Waals surface area contributed by atoms with Gasteiger partial charge in [-0.05, 0) is 42.3 Å². The van der Waals surface area contributed by atoms with Crippen LogP contribution in [0.5, 0.6) is 0 Å². The molecule has 28 heavy (non-hydrogen) atoms. The van der Waals surface area contributed by atoms with Crippen molar-refractivity contribution in [2.75, 3.05) is 16.8 Å². The second-order valence-electron chi connectivity index (χ2n) is 6.66. The first-order valence-electron chi connectivity index (χ1n) is 9.08. The lowest BCUT2D eigenvalue weighted by Gasteiger charge is -2.16. The van der Waals surface area contributed by atoms with E-state index in [1.807, 2.05) is 30.3 Å². The molecule has 1 fully saturated rings. The number of hydrogen-bond acceptors (Lipinski definition) is 3. The highest BCUT2D eigenvalue weighted by Crippen LogP contribution is 2.23. The molecule has 0 radical (unpaired) electrons. The predicted molar refractivity (Wildman–Crippen MR) is 111 cm³/mol. The number of anilines is 2. The first-order valence-corrected chi connectivity index (χ1v) is 9.87. The van der Waals surface area contributed by atoms with Gasteiger partial charge in [-0.3, -0.25) is 9.59 Å². The van der Waals surface area contributed by atoms with E-state index in [0.29, 0.717) is 30.9 Å². The van der Waals surface area contributed by atoms with Crippen LogP contribution in [-0.2, 0) is 11.3 Å². The van der Waals surface area contributed by atoms with Gasteiger partial charge in [-0.1, -0.05) is 34.1 Å². The van der Waals surface area contributed by atoms with Crippen LogP contribution in [0.25, 0.3) is 0 Å². The highest BCUT2D eigenvalue weighted by Gasteiger charge is 2.22. The van der Waals surface area contributed by atoms with Crippen molar-refractivity contribution >= 4 is 39.2 Å².